The lowest BCUT2D eigenvalue weighted by Crippen LogP contribution is -2.13. The average Bonchev–Trinajstić information content (AvgIpc) is 2.96. The summed E-state index contributed by atoms with van der Waals surface area (Å²) in [7, 11) is -2.59. The summed E-state index contributed by atoms with van der Waals surface area (Å²) in [6.45, 7) is 2.77. The Morgan fingerprint density at radius 2 is 2.04 bits per heavy atom. The summed E-state index contributed by atoms with van der Waals surface area (Å²) in [4.78, 5) is 4.06. The first-order valence-electron chi connectivity index (χ1n) is 7.26. The lowest BCUT2D eigenvalue weighted by Gasteiger charge is -2.09. The van der Waals surface area contributed by atoms with Crippen molar-refractivity contribution in [3.63, 3.8) is 0 Å². The number of rotatable bonds is 5. The summed E-state index contributed by atoms with van der Waals surface area (Å²) < 4.78 is 47.7. The SMILES string of the molecule is CCn1cnc2cc(NS(=O)(=O)c3ccc(OC)c(F)c3)ccc21. The van der Waals surface area contributed by atoms with Crippen molar-refractivity contribution in [3.05, 3.63) is 48.5 Å². The Morgan fingerprint density at radius 3 is 2.71 bits per heavy atom. The lowest BCUT2D eigenvalue weighted by molar-refractivity contribution is 0.385. The van der Waals surface area contributed by atoms with Gasteiger partial charge in [0.05, 0.1) is 35.1 Å². The third-order valence-corrected chi connectivity index (χ3v) is 5.03. The van der Waals surface area contributed by atoms with Gasteiger partial charge >= 0.3 is 0 Å². The van der Waals surface area contributed by atoms with Crippen molar-refractivity contribution in [3.8, 4) is 5.75 Å². The average molecular weight is 349 g/mol. The largest absolute Gasteiger partial charge is 0.494 e. The molecule has 6 nitrogen and oxygen atoms in total. The number of sulfonamides is 1. The van der Waals surface area contributed by atoms with Gasteiger partial charge in [0.1, 0.15) is 0 Å². The minimum Gasteiger partial charge on any atom is -0.494 e. The molecule has 2 aromatic carbocycles. The summed E-state index contributed by atoms with van der Waals surface area (Å²) in [5.41, 5.74) is 1.95. The number of nitrogens with zero attached hydrogens (tertiary/aromatic N) is 2. The van der Waals surface area contributed by atoms with E-state index < -0.39 is 15.8 Å². The second-order valence-electron chi connectivity index (χ2n) is 5.14. The predicted octanol–water partition coefficient (Wildman–Crippen LogP) is 3.00. The van der Waals surface area contributed by atoms with Crippen LogP contribution in [-0.4, -0.2) is 25.1 Å². The third kappa shape index (κ3) is 2.92. The van der Waals surface area contributed by atoms with Crippen LogP contribution >= 0.6 is 0 Å². The van der Waals surface area contributed by atoms with Crippen LogP contribution in [0.2, 0.25) is 0 Å². The Kier molecular flexibility index (Phi) is 4.15. The number of benzene rings is 2. The maximum Gasteiger partial charge on any atom is 0.262 e. The molecule has 3 rings (SSSR count). The fourth-order valence-electron chi connectivity index (χ4n) is 2.41. The van der Waals surface area contributed by atoms with Crippen LogP contribution in [0.4, 0.5) is 10.1 Å². The van der Waals surface area contributed by atoms with Crippen LogP contribution in [0.15, 0.2) is 47.6 Å². The molecule has 126 valence electrons. The smallest absolute Gasteiger partial charge is 0.262 e. The molecule has 1 heterocycles. The molecule has 0 aliphatic rings. The molecule has 0 aliphatic heterocycles. The number of aryl methyl sites for hydroxylation is 1. The van der Waals surface area contributed by atoms with Crippen LogP contribution in [0.3, 0.4) is 0 Å². The van der Waals surface area contributed by atoms with Gasteiger partial charge in [-0.15, -0.1) is 0 Å². The monoisotopic (exact) mass is 349 g/mol. The number of ether oxygens (including phenoxy) is 1. The van der Waals surface area contributed by atoms with E-state index in [2.05, 4.69) is 9.71 Å². The van der Waals surface area contributed by atoms with Gasteiger partial charge in [-0.25, -0.2) is 17.8 Å². The van der Waals surface area contributed by atoms with Gasteiger partial charge in [-0.05, 0) is 43.3 Å². The molecule has 0 spiro atoms. The molecule has 0 atom stereocenters. The summed E-state index contributed by atoms with van der Waals surface area (Å²) in [6.07, 6.45) is 1.70. The Morgan fingerprint density at radius 1 is 1.25 bits per heavy atom. The van der Waals surface area contributed by atoms with Crippen LogP contribution in [0.5, 0.6) is 5.75 Å². The zero-order chi connectivity index (χ0) is 17.3. The molecule has 0 fully saturated rings. The van der Waals surface area contributed by atoms with Gasteiger partial charge in [-0.3, -0.25) is 4.72 Å². The summed E-state index contributed by atoms with van der Waals surface area (Å²) in [5.74, 6) is -0.752. The molecular weight excluding hydrogens is 333 g/mol. The highest BCUT2D eigenvalue weighted by atomic mass is 32.2. The van der Waals surface area contributed by atoms with E-state index in [0.717, 1.165) is 18.1 Å². The Labute approximate surface area is 138 Å². The van der Waals surface area contributed by atoms with E-state index >= 15 is 0 Å². The van der Waals surface area contributed by atoms with Crippen LogP contribution < -0.4 is 9.46 Å². The molecule has 3 aromatic rings. The highest BCUT2D eigenvalue weighted by molar-refractivity contribution is 7.92. The van der Waals surface area contributed by atoms with Crippen molar-refractivity contribution in [2.45, 2.75) is 18.4 Å². The lowest BCUT2D eigenvalue weighted by atomic mass is 10.3. The first-order chi connectivity index (χ1) is 11.4. The van der Waals surface area contributed by atoms with E-state index in [9.17, 15) is 12.8 Å². The molecule has 1 N–H and O–H groups in total. The second kappa shape index (κ2) is 6.12. The molecular formula is C16H16FN3O3S. The van der Waals surface area contributed by atoms with Crippen molar-refractivity contribution < 1.29 is 17.5 Å². The Bertz CT molecular complexity index is 999. The summed E-state index contributed by atoms with van der Waals surface area (Å²) in [6, 6.07) is 8.56. The highest BCUT2D eigenvalue weighted by Gasteiger charge is 2.17. The van der Waals surface area contributed by atoms with Crippen molar-refractivity contribution >= 4 is 26.7 Å². The third-order valence-electron chi connectivity index (χ3n) is 3.65. The summed E-state index contributed by atoms with van der Waals surface area (Å²) in [5, 5.41) is 0. The van der Waals surface area contributed by atoms with Gasteiger partial charge in [-0.1, -0.05) is 0 Å². The van der Waals surface area contributed by atoms with E-state index in [4.69, 9.17) is 4.74 Å². The number of aromatic nitrogens is 2. The quantitative estimate of drug-likeness (QED) is 0.768. The van der Waals surface area contributed by atoms with Gasteiger partial charge in [0.2, 0.25) is 0 Å². The topological polar surface area (TPSA) is 73.2 Å². The molecule has 0 radical (unpaired) electrons. The van der Waals surface area contributed by atoms with Crippen LogP contribution in [0.25, 0.3) is 11.0 Å². The molecule has 0 aliphatic carbocycles. The van der Waals surface area contributed by atoms with Crippen LogP contribution in [0.1, 0.15) is 6.92 Å². The predicted molar refractivity (Wildman–Crippen MR) is 89.2 cm³/mol. The van der Waals surface area contributed by atoms with Gasteiger partial charge in [0, 0.05) is 6.54 Å². The number of fused-ring (bicyclic) bond motifs is 1. The number of hydrogen-bond donors (Lipinski definition) is 1. The molecule has 8 heteroatoms. The number of hydrogen-bond acceptors (Lipinski definition) is 4. The maximum atomic E-state index is 13.7. The number of methoxy groups -OCH3 is 1. The van der Waals surface area contributed by atoms with Gasteiger partial charge in [0.15, 0.2) is 11.6 Å². The molecule has 0 bridgehead atoms. The molecule has 0 saturated heterocycles. The van der Waals surface area contributed by atoms with Gasteiger partial charge < -0.3 is 9.30 Å². The summed E-state index contributed by atoms with van der Waals surface area (Å²) >= 11 is 0. The molecule has 0 saturated carbocycles. The number of imidazole rings is 1. The fourth-order valence-corrected chi connectivity index (χ4v) is 3.47. The first-order valence-corrected chi connectivity index (χ1v) is 8.74. The van der Waals surface area contributed by atoms with Gasteiger partial charge in [0.25, 0.3) is 10.0 Å². The van der Waals surface area contributed by atoms with Crippen molar-refractivity contribution in [1.29, 1.82) is 0 Å². The normalized spacial score (nSPS) is 11.6. The zero-order valence-electron chi connectivity index (χ0n) is 13.2. The van der Waals surface area contributed by atoms with Crippen molar-refractivity contribution in [2.75, 3.05) is 11.8 Å². The Balaban J connectivity index is 1.93. The zero-order valence-corrected chi connectivity index (χ0v) is 14.0. The molecule has 0 amide bonds. The number of anilines is 1. The maximum absolute atomic E-state index is 13.7. The van der Waals surface area contributed by atoms with Crippen molar-refractivity contribution in [1.82, 2.24) is 9.55 Å². The minimum atomic E-state index is -3.91. The number of nitrogens with one attached hydrogen (secondary N) is 1. The fraction of sp³-hybridized carbons (Fsp3) is 0.188. The van der Waals surface area contributed by atoms with Gasteiger partial charge in [-0.2, -0.15) is 0 Å². The molecule has 0 unspecified atom stereocenters. The number of halogens is 1. The second-order valence-corrected chi connectivity index (χ2v) is 6.82. The van der Waals surface area contributed by atoms with E-state index in [1.165, 1.54) is 19.2 Å². The molecule has 24 heavy (non-hydrogen) atoms. The van der Waals surface area contributed by atoms with E-state index in [1.54, 1.807) is 24.5 Å². The standard InChI is InChI=1S/C16H16FN3O3S/c1-3-20-10-18-14-8-11(4-6-15(14)20)19-24(21,22)12-5-7-16(23-2)13(17)9-12/h4-10,19H,3H2,1-2H3. The van der Waals surface area contributed by atoms with E-state index in [1.807, 2.05) is 11.5 Å². The Hall–Kier alpha value is -2.61. The minimum absolute atomic E-state index is 0.0134. The van der Waals surface area contributed by atoms with Crippen LogP contribution in [0, 0.1) is 5.82 Å². The van der Waals surface area contributed by atoms with Crippen molar-refractivity contribution in [2.24, 2.45) is 0 Å². The van der Waals surface area contributed by atoms with E-state index in [0.29, 0.717) is 11.2 Å². The molecule has 1 aromatic heterocycles. The first kappa shape index (κ1) is 16.3. The van der Waals surface area contributed by atoms with Crippen LogP contribution in [-0.2, 0) is 16.6 Å². The highest BCUT2D eigenvalue weighted by Crippen LogP contribution is 2.24. The van der Waals surface area contributed by atoms with E-state index in [-0.39, 0.29) is 10.6 Å².